The summed E-state index contributed by atoms with van der Waals surface area (Å²) in [5.41, 5.74) is 17.7. The van der Waals surface area contributed by atoms with Crippen LogP contribution in [0.15, 0.2) is 18.2 Å². The molecule has 1 atom stereocenters. The van der Waals surface area contributed by atoms with Gasteiger partial charge in [-0.15, -0.1) is 0 Å². The number of hydrogen-bond donors (Lipinski definition) is 3. The number of carbonyl (C=O) groups is 2. The van der Waals surface area contributed by atoms with Crippen LogP contribution in [0.1, 0.15) is 10.4 Å². The van der Waals surface area contributed by atoms with E-state index in [0.29, 0.717) is 24.5 Å². The van der Waals surface area contributed by atoms with Crippen LogP contribution in [-0.2, 0) is 9.53 Å². The highest BCUT2D eigenvalue weighted by atomic mass is 16.5. The maximum absolute atomic E-state index is 11.5. The average molecular weight is 264 g/mol. The van der Waals surface area contributed by atoms with Crippen molar-refractivity contribution < 1.29 is 14.3 Å². The molecule has 1 aromatic rings. The van der Waals surface area contributed by atoms with E-state index >= 15 is 0 Å². The highest BCUT2D eigenvalue weighted by Gasteiger charge is 2.31. The van der Waals surface area contributed by atoms with Crippen LogP contribution in [0, 0.1) is 0 Å². The van der Waals surface area contributed by atoms with Gasteiger partial charge in [0, 0.05) is 6.54 Å². The first kappa shape index (κ1) is 13.2. The molecular weight excluding hydrogens is 248 g/mol. The lowest BCUT2D eigenvalue weighted by molar-refractivity contribution is -0.121. The predicted molar refractivity (Wildman–Crippen MR) is 70.5 cm³/mol. The SMILES string of the molecule is NC(=O)c1cccc(N)c1N1CCOCC1C(N)=O. The molecule has 6 N–H and O–H groups in total. The molecule has 19 heavy (non-hydrogen) atoms. The van der Waals surface area contributed by atoms with Gasteiger partial charge >= 0.3 is 0 Å². The minimum Gasteiger partial charge on any atom is -0.397 e. The molecule has 0 saturated carbocycles. The zero-order valence-electron chi connectivity index (χ0n) is 10.3. The van der Waals surface area contributed by atoms with E-state index in [9.17, 15) is 9.59 Å². The van der Waals surface area contributed by atoms with Gasteiger partial charge in [-0.05, 0) is 12.1 Å². The number of rotatable bonds is 3. The van der Waals surface area contributed by atoms with E-state index in [0.717, 1.165) is 0 Å². The van der Waals surface area contributed by atoms with E-state index < -0.39 is 17.9 Å². The van der Waals surface area contributed by atoms with Gasteiger partial charge in [0.15, 0.2) is 0 Å². The molecule has 7 nitrogen and oxygen atoms in total. The molecule has 7 heteroatoms. The zero-order valence-corrected chi connectivity index (χ0v) is 10.3. The number of morpholine rings is 1. The van der Waals surface area contributed by atoms with E-state index in [-0.39, 0.29) is 12.2 Å². The van der Waals surface area contributed by atoms with E-state index in [1.165, 1.54) is 0 Å². The molecule has 0 bridgehead atoms. The van der Waals surface area contributed by atoms with Crippen molar-refractivity contribution >= 4 is 23.2 Å². The number of ether oxygens (including phenoxy) is 1. The van der Waals surface area contributed by atoms with Crippen LogP contribution in [0.3, 0.4) is 0 Å². The van der Waals surface area contributed by atoms with Crippen LogP contribution < -0.4 is 22.1 Å². The number of anilines is 2. The number of hydrogen-bond acceptors (Lipinski definition) is 5. The molecule has 2 rings (SSSR count). The van der Waals surface area contributed by atoms with Crippen molar-refractivity contribution in [2.24, 2.45) is 11.5 Å². The smallest absolute Gasteiger partial charge is 0.250 e. The van der Waals surface area contributed by atoms with Gasteiger partial charge in [0.05, 0.1) is 30.2 Å². The standard InChI is InChI=1S/C12H16N4O3/c13-8-3-1-2-7(11(14)17)10(8)16-4-5-19-6-9(16)12(15)18/h1-3,9H,4-6,13H2,(H2,14,17)(H2,15,18). The molecular formula is C12H16N4O3. The number of nitrogens with two attached hydrogens (primary N) is 3. The van der Waals surface area contributed by atoms with E-state index in [4.69, 9.17) is 21.9 Å². The summed E-state index contributed by atoms with van der Waals surface area (Å²) in [6, 6.07) is 4.20. The Morgan fingerprint density at radius 2 is 2.05 bits per heavy atom. The summed E-state index contributed by atoms with van der Waals surface area (Å²) < 4.78 is 5.24. The van der Waals surface area contributed by atoms with E-state index in [1.807, 2.05) is 0 Å². The van der Waals surface area contributed by atoms with Crippen LogP contribution in [0.25, 0.3) is 0 Å². The van der Waals surface area contributed by atoms with Crippen molar-refractivity contribution in [1.29, 1.82) is 0 Å². The predicted octanol–water partition coefficient (Wildman–Crippen LogP) is -0.942. The first-order valence-electron chi connectivity index (χ1n) is 5.84. The molecule has 1 aliphatic heterocycles. The van der Waals surface area contributed by atoms with Gasteiger partial charge in [-0.1, -0.05) is 6.07 Å². The summed E-state index contributed by atoms with van der Waals surface area (Å²) in [4.78, 5) is 24.6. The summed E-state index contributed by atoms with van der Waals surface area (Å²) in [5.74, 6) is -1.13. The fourth-order valence-corrected chi connectivity index (χ4v) is 2.19. The third kappa shape index (κ3) is 2.45. The van der Waals surface area contributed by atoms with Gasteiger partial charge in [-0.2, -0.15) is 0 Å². The van der Waals surface area contributed by atoms with Gasteiger partial charge in [0.2, 0.25) is 5.91 Å². The molecule has 2 amide bonds. The second-order valence-corrected chi connectivity index (χ2v) is 4.29. The minimum absolute atomic E-state index is 0.169. The Labute approximate surface area is 110 Å². The maximum atomic E-state index is 11.5. The Morgan fingerprint density at radius 1 is 1.32 bits per heavy atom. The van der Waals surface area contributed by atoms with Crippen LogP contribution >= 0.6 is 0 Å². The topological polar surface area (TPSA) is 125 Å². The van der Waals surface area contributed by atoms with E-state index in [1.54, 1.807) is 23.1 Å². The molecule has 1 unspecified atom stereocenters. The molecule has 0 aliphatic carbocycles. The molecule has 1 fully saturated rings. The van der Waals surface area contributed by atoms with E-state index in [2.05, 4.69) is 0 Å². The molecule has 0 spiro atoms. The largest absolute Gasteiger partial charge is 0.397 e. The highest BCUT2D eigenvalue weighted by Crippen LogP contribution is 2.30. The zero-order chi connectivity index (χ0) is 14.0. The summed E-state index contributed by atoms with van der Waals surface area (Å²) >= 11 is 0. The molecule has 1 heterocycles. The monoisotopic (exact) mass is 264 g/mol. The number of benzene rings is 1. The molecule has 1 aromatic carbocycles. The van der Waals surface area contributed by atoms with Crippen molar-refractivity contribution in [1.82, 2.24) is 0 Å². The fourth-order valence-electron chi connectivity index (χ4n) is 2.19. The van der Waals surface area contributed by atoms with Gasteiger partial charge < -0.3 is 26.8 Å². The number of para-hydroxylation sites is 1. The third-order valence-electron chi connectivity index (χ3n) is 3.08. The number of amides is 2. The number of nitrogens with zero attached hydrogens (tertiary/aromatic N) is 1. The summed E-state index contributed by atoms with van der Waals surface area (Å²) in [5, 5.41) is 0. The Kier molecular flexibility index (Phi) is 3.57. The molecule has 1 saturated heterocycles. The van der Waals surface area contributed by atoms with Crippen molar-refractivity contribution in [2.45, 2.75) is 6.04 Å². The van der Waals surface area contributed by atoms with Crippen LogP contribution in [-0.4, -0.2) is 37.6 Å². The first-order valence-corrected chi connectivity index (χ1v) is 5.84. The van der Waals surface area contributed by atoms with Gasteiger partial charge in [0.25, 0.3) is 5.91 Å². The van der Waals surface area contributed by atoms with Gasteiger partial charge in [-0.3, -0.25) is 9.59 Å². The Bertz CT molecular complexity index is 518. The quantitative estimate of drug-likeness (QED) is 0.607. The lowest BCUT2D eigenvalue weighted by Crippen LogP contribution is -2.53. The Morgan fingerprint density at radius 3 is 2.68 bits per heavy atom. The summed E-state index contributed by atoms with van der Waals surface area (Å²) in [7, 11) is 0. The Hall–Kier alpha value is -2.28. The van der Waals surface area contributed by atoms with Crippen LogP contribution in [0.2, 0.25) is 0 Å². The molecule has 0 radical (unpaired) electrons. The maximum Gasteiger partial charge on any atom is 0.250 e. The van der Waals surface area contributed by atoms with Gasteiger partial charge in [-0.25, -0.2) is 0 Å². The first-order chi connectivity index (χ1) is 9.02. The van der Waals surface area contributed by atoms with Crippen molar-refractivity contribution in [2.75, 3.05) is 30.4 Å². The van der Waals surface area contributed by atoms with Gasteiger partial charge in [0.1, 0.15) is 6.04 Å². The Balaban J connectivity index is 2.49. The minimum atomic E-state index is -0.656. The number of primary amides is 2. The summed E-state index contributed by atoms with van der Waals surface area (Å²) in [6.45, 7) is 1.01. The lowest BCUT2D eigenvalue weighted by Gasteiger charge is -2.36. The van der Waals surface area contributed by atoms with Crippen molar-refractivity contribution in [3.8, 4) is 0 Å². The molecule has 1 aliphatic rings. The number of carbonyl (C=O) groups excluding carboxylic acids is 2. The molecule has 0 aromatic heterocycles. The van der Waals surface area contributed by atoms with Crippen LogP contribution in [0.4, 0.5) is 11.4 Å². The highest BCUT2D eigenvalue weighted by molar-refractivity contribution is 6.02. The fraction of sp³-hybridized carbons (Fsp3) is 0.333. The van der Waals surface area contributed by atoms with Crippen molar-refractivity contribution in [3.05, 3.63) is 23.8 Å². The summed E-state index contributed by atoms with van der Waals surface area (Å²) in [6.07, 6.45) is 0. The van der Waals surface area contributed by atoms with Crippen LogP contribution in [0.5, 0.6) is 0 Å². The second-order valence-electron chi connectivity index (χ2n) is 4.29. The normalized spacial score (nSPS) is 19.2. The third-order valence-corrected chi connectivity index (χ3v) is 3.08. The van der Waals surface area contributed by atoms with Crippen molar-refractivity contribution in [3.63, 3.8) is 0 Å². The molecule has 102 valence electrons. The lowest BCUT2D eigenvalue weighted by atomic mass is 10.1. The second kappa shape index (κ2) is 5.15. The number of nitrogen functional groups attached to an aromatic ring is 1. The average Bonchev–Trinajstić information content (AvgIpc) is 2.38.